The van der Waals surface area contributed by atoms with Crippen molar-refractivity contribution in [3.8, 4) is 6.07 Å². The second kappa shape index (κ2) is 7.38. The molecule has 0 saturated heterocycles. The summed E-state index contributed by atoms with van der Waals surface area (Å²) in [7, 11) is 0. The van der Waals surface area contributed by atoms with Crippen LogP contribution in [0.5, 0.6) is 0 Å². The van der Waals surface area contributed by atoms with Crippen LogP contribution in [0.15, 0.2) is 0 Å². The van der Waals surface area contributed by atoms with E-state index >= 15 is 0 Å². The number of halogens is 5. The normalized spacial score (nSPS) is 12.4. The van der Waals surface area contributed by atoms with Gasteiger partial charge in [0.1, 0.15) is 11.8 Å². The number of hydrogen-bond acceptors (Lipinski definition) is 3. The Morgan fingerprint density at radius 1 is 1.15 bits per heavy atom. The first-order chi connectivity index (χ1) is 9.25. The summed E-state index contributed by atoms with van der Waals surface area (Å²) in [6.45, 7) is 2.66. The molecule has 4 nitrogen and oxygen atoms in total. The van der Waals surface area contributed by atoms with E-state index in [0.29, 0.717) is 6.54 Å². The van der Waals surface area contributed by atoms with Crippen molar-refractivity contribution in [3.63, 3.8) is 0 Å². The minimum absolute atomic E-state index is 0.0428. The Labute approximate surface area is 142 Å². The molecule has 0 bridgehead atoms. The molecule has 0 amide bonds. The predicted molar refractivity (Wildman–Crippen MR) is 82.6 cm³/mol. The van der Waals surface area contributed by atoms with Crippen molar-refractivity contribution in [2.75, 3.05) is 0 Å². The lowest BCUT2D eigenvalue weighted by atomic mass is 10.2. The van der Waals surface area contributed by atoms with E-state index in [4.69, 9.17) is 58.0 Å². The van der Waals surface area contributed by atoms with E-state index in [1.54, 1.807) is 0 Å². The molecule has 1 heterocycles. The van der Waals surface area contributed by atoms with Crippen LogP contribution in [0.4, 0.5) is 0 Å². The van der Waals surface area contributed by atoms with Gasteiger partial charge in [0.25, 0.3) is 0 Å². The average Bonchev–Trinajstić information content (AvgIpc) is 2.76. The van der Waals surface area contributed by atoms with Crippen LogP contribution in [0.1, 0.15) is 44.0 Å². The molecule has 0 atom stereocenters. The molecule has 1 rings (SSSR count). The Hall–Kier alpha value is 0.0800. The van der Waals surface area contributed by atoms with Crippen LogP contribution in [0.3, 0.4) is 0 Å². The third kappa shape index (κ3) is 4.05. The number of rotatable bonds is 6. The summed E-state index contributed by atoms with van der Waals surface area (Å²) in [5.74, 6) is 0. The maximum Gasteiger partial charge on any atom is 0.228 e. The smallest absolute Gasteiger partial charge is 0.228 e. The molecule has 9 heteroatoms. The van der Waals surface area contributed by atoms with Gasteiger partial charge in [-0.15, -0.1) is 5.10 Å². The standard InChI is InChI=1S/C11H13Cl5N4/c1-2-3-4-5-6-20-8(7-17)9(18-19-20)10(12,13)11(14,15)16/h2-6H2,1H3. The zero-order valence-corrected chi connectivity index (χ0v) is 14.5. The zero-order chi connectivity index (χ0) is 15.4. The molecule has 1 aromatic heterocycles. The molecule has 1 aromatic rings. The van der Waals surface area contributed by atoms with Crippen molar-refractivity contribution >= 4 is 58.0 Å². The molecule has 0 aliphatic carbocycles. The maximum atomic E-state index is 9.22. The fraction of sp³-hybridized carbons (Fsp3) is 0.727. The highest BCUT2D eigenvalue weighted by Gasteiger charge is 2.51. The van der Waals surface area contributed by atoms with Gasteiger partial charge in [0.15, 0.2) is 5.69 Å². The van der Waals surface area contributed by atoms with E-state index in [1.165, 1.54) is 4.68 Å². The van der Waals surface area contributed by atoms with Crippen LogP contribution >= 0.6 is 58.0 Å². The van der Waals surface area contributed by atoms with E-state index in [2.05, 4.69) is 17.2 Å². The third-order valence-electron chi connectivity index (χ3n) is 2.72. The SMILES string of the molecule is CCCCCCn1nnc(C(Cl)(Cl)C(Cl)(Cl)Cl)c1C#N. The van der Waals surface area contributed by atoms with Gasteiger partial charge in [-0.05, 0) is 6.42 Å². The van der Waals surface area contributed by atoms with Crippen molar-refractivity contribution < 1.29 is 0 Å². The van der Waals surface area contributed by atoms with Gasteiger partial charge in [-0.25, -0.2) is 4.68 Å². The lowest BCUT2D eigenvalue weighted by Crippen LogP contribution is -2.29. The van der Waals surface area contributed by atoms with Crippen molar-refractivity contribution in [2.24, 2.45) is 0 Å². The monoisotopic (exact) mass is 376 g/mol. The summed E-state index contributed by atoms with van der Waals surface area (Å²) in [4.78, 5) is 0. The Morgan fingerprint density at radius 3 is 2.30 bits per heavy atom. The summed E-state index contributed by atoms with van der Waals surface area (Å²) in [5.41, 5.74) is 0.0663. The quantitative estimate of drug-likeness (QED) is 0.531. The van der Waals surface area contributed by atoms with E-state index in [0.717, 1.165) is 25.7 Å². The number of aryl methyl sites for hydroxylation is 1. The molecule has 0 unspecified atom stereocenters. The molecular formula is C11H13Cl5N4. The zero-order valence-electron chi connectivity index (χ0n) is 10.7. The van der Waals surface area contributed by atoms with Crippen LogP contribution in [-0.4, -0.2) is 18.8 Å². The Balaban J connectivity index is 2.96. The minimum Gasteiger partial charge on any atom is -0.234 e. The molecule has 20 heavy (non-hydrogen) atoms. The summed E-state index contributed by atoms with van der Waals surface area (Å²) < 4.78 is -2.53. The Kier molecular flexibility index (Phi) is 6.69. The number of unbranched alkanes of at least 4 members (excludes halogenated alkanes) is 3. The summed E-state index contributed by atoms with van der Waals surface area (Å²) in [6, 6.07) is 1.96. The van der Waals surface area contributed by atoms with Crippen LogP contribution in [0, 0.1) is 11.3 Å². The first-order valence-electron chi connectivity index (χ1n) is 6.04. The van der Waals surface area contributed by atoms with Gasteiger partial charge in [-0.1, -0.05) is 89.4 Å². The molecule has 0 saturated carbocycles. The van der Waals surface area contributed by atoms with E-state index < -0.39 is 8.13 Å². The molecule has 0 spiro atoms. The lowest BCUT2D eigenvalue weighted by Gasteiger charge is -2.25. The van der Waals surface area contributed by atoms with Gasteiger partial charge in [0, 0.05) is 6.54 Å². The number of nitrogens with zero attached hydrogens (tertiary/aromatic N) is 4. The summed E-state index contributed by atoms with van der Waals surface area (Å²) in [5, 5.41) is 16.9. The Morgan fingerprint density at radius 2 is 1.80 bits per heavy atom. The van der Waals surface area contributed by atoms with Crippen molar-refractivity contribution in [3.05, 3.63) is 11.4 Å². The highest BCUT2D eigenvalue weighted by Crippen LogP contribution is 2.52. The van der Waals surface area contributed by atoms with Gasteiger partial charge in [-0.3, -0.25) is 0 Å². The number of alkyl halides is 5. The fourth-order valence-electron chi connectivity index (χ4n) is 1.61. The first-order valence-corrected chi connectivity index (χ1v) is 7.93. The van der Waals surface area contributed by atoms with Crippen LogP contribution in [-0.2, 0) is 10.9 Å². The van der Waals surface area contributed by atoms with E-state index in [9.17, 15) is 5.26 Å². The Bertz CT molecular complexity index is 486. The molecule has 0 N–H and O–H groups in total. The molecule has 0 aromatic carbocycles. The molecule has 0 aliphatic heterocycles. The predicted octanol–water partition coefficient (Wildman–Crippen LogP) is 4.73. The highest BCUT2D eigenvalue weighted by molar-refractivity contribution is 6.75. The van der Waals surface area contributed by atoms with E-state index in [-0.39, 0.29) is 11.4 Å². The van der Waals surface area contributed by atoms with Gasteiger partial charge in [0.2, 0.25) is 8.13 Å². The summed E-state index contributed by atoms with van der Waals surface area (Å²) in [6.07, 6.45) is 4.14. The second-order valence-electron chi connectivity index (χ2n) is 4.25. The first kappa shape index (κ1) is 18.1. The minimum atomic E-state index is -2.02. The van der Waals surface area contributed by atoms with Crippen LogP contribution in [0.25, 0.3) is 0 Å². The molecule has 0 radical (unpaired) electrons. The maximum absolute atomic E-state index is 9.22. The fourth-order valence-corrected chi connectivity index (χ4v) is 2.14. The molecule has 112 valence electrons. The molecule has 0 aliphatic rings. The molecule has 0 fully saturated rings. The topological polar surface area (TPSA) is 54.5 Å². The van der Waals surface area contributed by atoms with E-state index in [1.807, 2.05) is 6.07 Å². The van der Waals surface area contributed by atoms with Crippen LogP contribution in [0.2, 0.25) is 0 Å². The number of aromatic nitrogens is 3. The summed E-state index contributed by atoms with van der Waals surface area (Å²) >= 11 is 29.2. The van der Waals surface area contributed by atoms with Gasteiger partial charge >= 0.3 is 0 Å². The number of hydrogen-bond donors (Lipinski definition) is 0. The van der Waals surface area contributed by atoms with Gasteiger partial charge in [0.05, 0.1) is 0 Å². The highest BCUT2D eigenvalue weighted by atomic mass is 35.6. The third-order valence-corrected chi connectivity index (χ3v) is 5.07. The van der Waals surface area contributed by atoms with Crippen molar-refractivity contribution in [1.82, 2.24) is 15.0 Å². The van der Waals surface area contributed by atoms with Gasteiger partial charge in [-0.2, -0.15) is 5.26 Å². The second-order valence-corrected chi connectivity index (χ2v) is 7.86. The van der Waals surface area contributed by atoms with Gasteiger partial charge < -0.3 is 0 Å². The average molecular weight is 379 g/mol. The van der Waals surface area contributed by atoms with Crippen molar-refractivity contribution in [1.29, 1.82) is 5.26 Å². The largest absolute Gasteiger partial charge is 0.234 e. The number of nitriles is 1. The molecular weight excluding hydrogens is 365 g/mol. The van der Waals surface area contributed by atoms with Crippen LogP contribution < -0.4 is 0 Å². The van der Waals surface area contributed by atoms with Crippen molar-refractivity contribution in [2.45, 2.75) is 47.3 Å². The lowest BCUT2D eigenvalue weighted by molar-refractivity contribution is 0.524.